The molecular weight excluding hydrogens is 262 g/mol. The molecule has 1 aliphatic rings. The average molecular weight is 289 g/mol. The molecule has 0 radical (unpaired) electrons. The van der Waals surface area contributed by atoms with Crippen LogP contribution in [-0.4, -0.2) is 25.7 Å². The Hall–Kier alpha value is -1.71. The van der Waals surface area contributed by atoms with E-state index in [1.807, 2.05) is 12.1 Å². The van der Waals surface area contributed by atoms with Gasteiger partial charge in [0, 0.05) is 13.1 Å². The number of nitrogens with one attached hydrogen (secondary N) is 1. The van der Waals surface area contributed by atoms with Crippen molar-refractivity contribution in [2.45, 2.75) is 39.0 Å². The van der Waals surface area contributed by atoms with Crippen molar-refractivity contribution in [1.29, 1.82) is 0 Å². The molecule has 2 rings (SSSR count). The van der Waals surface area contributed by atoms with Gasteiger partial charge >= 0.3 is 0 Å². The third-order valence-electron chi connectivity index (χ3n) is 3.84. The van der Waals surface area contributed by atoms with E-state index in [4.69, 9.17) is 10.5 Å². The van der Waals surface area contributed by atoms with Crippen LogP contribution < -0.4 is 15.8 Å². The Morgan fingerprint density at radius 1 is 1.43 bits per heavy atom. The number of rotatable bonds is 8. The Labute approximate surface area is 127 Å². The standard InChI is InChI=1S/C17H27N3O/c1-2-11-21-16-8-4-5-14(12-16)9-10-19-17(18)20-13-15-6-3-7-15/h4-5,8,12,15H,2-3,6-7,9-11,13H2,1H3,(H3,18,19,20). The molecule has 0 spiro atoms. The summed E-state index contributed by atoms with van der Waals surface area (Å²) in [5.74, 6) is 2.28. The van der Waals surface area contributed by atoms with Crippen LogP contribution in [0.4, 0.5) is 0 Å². The summed E-state index contributed by atoms with van der Waals surface area (Å²) in [6, 6.07) is 8.25. The Morgan fingerprint density at radius 2 is 2.29 bits per heavy atom. The number of hydrogen-bond acceptors (Lipinski definition) is 2. The predicted octanol–water partition coefficient (Wildman–Crippen LogP) is 2.72. The molecule has 0 aromatic heterocycles. The van der Waals surface area contributed by atoms with Crippen molar-refractivity contribution >= 4 is 5.96 Å². The normalized spacial score (nSPS) is 15.6. The lowest BCUT2D eigenvalue weighted by Crippen LogP contribution is -2.34. The van der Waals surface area contributed by atoms with Crippen LogP contribution in [0.15, 0.2) is 29.3 Å². The Kier molecular flexibility index (Phi) is 6.38. The number of guanidine groups is 1. The summed E-state index contributed by atoms with van der Waals surface area (Å²) in [4.78, 5) is 4.39. The van der Waals surface area contributed by atoms with E-state index in [0.29, 0.717) is 5.96 Å². The minimum Gasteiger partial charge on any atom is -0.494 e. The fraction of sp³-hybridized carbons (Fsp3) is 0.588. The molecule has 4 heteroatoms. The van der Waals surface area contributed by atoms with Gasteiger partial charge in [-0.05, 0) is 49.3 Å². The zero-order valence-electron chi connectivity index (χ0n) is 13.0. The minimum absolute atomic E-state index is 0.570. The number of nitrogens with two attached hydrogens (primary N) is 1. The zero-order chi connectivity index (χ0) is 14.9. The van der Waals surface area contributed by atoms with Crippen LogP contribution in [-0.2, 0) is 6.42 Å². The number of aliphatic imine (C=N–C) groups is 1. The maximum atomic E-state index is 5.87. The SMILES string of the molecule is CCCOc1cccc(CCNC(N)=NCC2CCC2)c1. The highest BCUT2D eigenvalue weighted by Crippen LogP contribution is 2.26. The van der Waals surface area contributed by atoms with Crippen molar-refractivity contribution < 1.29 is 4.74 Å². The monoisotopic (exact) mass is 289 g/mol. The molecule has 4 nitrogen and oxygen atoms in total. The molecule has 0 unspecified atom stereocenters. The highest BCUT2D eigenvalue weighted by Gasteiger charge is 2.16. The Morgan fingerprint density at radius 3 is 3.00 bits per heavy atom. The van der Waals surface area contributed by atoms with E-state index in [1.165, 1.54) is 24.8 Å². The largest absolute Gasteiger partial charge is 0.494 e. The van der Waals surface area contributed by atoms with Gasteiger partial charge in [0.2, 0.25) is 0 Å². The highest BCUT2D eigenvalue weighted by molar-refractivity contribution is 5.77. The molecule has 0 amide bonds. The molecule has 1 aromatic rings. The van der Waals surface area contributed by atoms with Gasteiger partial charge in [0.1, 0.15) is 5.75 Å². The van der Waals surface area contributed by atoms with E-state index >= 15 is 0 Å². The maximum Gasteiger partial charge on any atom is 0.188 e. The molecule has 0 heterocycles. The van der Waals surface area contributed by atoms with Crippen LogP contribution in [0.3, 0.4) is 0 Å². The summed E-state index contributed by atoms with van der Waals surface area (Å²) in [5, 5.41) is 3.18. The van der Waals surface area contributed by atoms with Gasteiger partial charge in [-0.25, -0.2) is 0 Å². The smallest absolute Gasteiger partial charge is 0.188 e. The van der Waals surface area contributed by atoms with Crippen LogP contribution in [0, 0.1) is 5.92 Å². The first-order chi connectivity index (χ1) is 10.3. The molecule has 0 atom stereocenters. The second-order valence-corrected chi connectivity index (χ2v) is 5.70. The van der Waals surface area contributed by atoms with Gasteiger partial charge in [-0.15, -0.1) is 0 Å². The van der Waals surface area contributed by atoms with Crippen LogP contribution in [0.25, 0.3) is 0 Å². The molecule has 0 aliphatic heterocycles. The van der Waals surface area contributed by atoms with Gasteiger partial charge in [0.15, 0.2) is 5.96 Å². The van der Waals surface area contributed by atoms with E-state index in [9.17, 15) is 0 Å². The lowest BCUT2D eigenvalue weighted by atomic mass is 9.86. The molecule has 0 bridgehead atoms. The number of nitrogens with zero attached hydrogens (tertiary/aromatic N) is 1. The number of benzene rings is 1. The zero-order valence-corrected chi connectivity index (χ0v) is 13.0. The molecule has 1 aliphatic carbocycles. The van der Waals surface area contributed by atoms with Gasteiger partial charge in [-0.1, -0.05) is 25.5 Å². The van der Waals surface area contributed by atoms with Crippen LogP contribution in [0.2, 0.25) is 0 Å². The van der Waals surface area contributed by atoms with E-state index < -0.39 is 0 Å². The first-order valence-corrected chi connectivity index (χ1v) is 8.03. The van der Waals surface area contributed by atoms with E-state index in [-0.39, 0.29) is 0 Å². The molecule has 0 saturated heterocycles. The van der Waals surface area contributed by atoms with E-state index in [0.717, 1.165) is 44.2 Å². The maximum absolute atomic E-state index is 5.87. The highest BCUT2D eigenvalue weighted by atomic mass is 16.5. The summed E-state index contributed by atoms with van der Waals surface area (Å²) >= 11 is 0. The lowest BCUT2D eigenvalue weighted by Gasteiger charge is -2.23. The van der Waals surface area contributed by atoms with Crippen LogP contribution >= 0.6 is 0 Å². The summed E-state index contributed by atoms with van der Waals surface area (Å²) in [6.45, 7) is 4.55. The van der Waals surface area contributed by atoms with E-state index in [2.05, 4.69) is 29.4 Å². The van der Waals surface area contributed by atoms with Crippen molar-refractivity contribution in [3.8, 4) is 5.75 Å². The third-order valence-corrected chi connectivity index (χ3v) is 3.84. The van der Waals surface area contributed by atoms with Gasteiger partial charge in [-0.3, -0.25) is 4.99 Å². The molecular formula is C17H27N3O. The number of ether oxygens (including phenoxy) is 1. The third kappa shape index (κ3) is 5.66. The molecule has 1 fully saturated rings. The summed E-state index contributed by atoms with van der Waals surface area (Å²) in [5.41, 5.74) is 7.13. The summed E-state index contributed by atoms with van der Waals surface area (Å²) in [6.07, 6.45) is 5.91. The van der Waals surface area contributed by atoms with Crippen LogP contribution in [0.1, 0.15) is 38.2 Å². The second kappa shape index (κ2) is 8.55. The molecule has 3 N–H and O–H groups in total. The predicted molar refractivity (Wildman–Crippen MR) is 87.8 cm³/mol. The van der Waals surface area contributed by atoms with Gasteiger partial charge in [0.25, 0.3) is 0 Å². The van der Waals surface area contributed by atoms with Crippen molar-refractivity contribution in [2.24, 2.45) is 16.6 Å². The Balaban J connectivity index is 1.69. The van der Waals surface area contributed by atoms with Gasteiger partial charge in [0.05, 0.1) is 6.61 Å². The number of hydrogen-bond donors (Lipinski definition) is 2. The minimum atomic E-state index is 0.570. The molecule has 21 heavy (non-hydrogen) atoms. The summed E-state index contributed by atoms with van der Waals surface area (Å²) < 4.78 is 5.64. The quantitative estimate of drug-likeness (QED) is 0.571. The average Bonchev–Trinajstić information content (AvgIpc) is 2.44. The fourth-order valence-electron chi connectivity index (χ4n) is 2.30. The Bertz CT molecular complexity index is 455. The fourth-order valence-corrected chi connectivity index (χ4v) is 2.30. The lowest BCUT2D eigenvalue weighted by molar-refractivity contribution is 0.317. The topological polar surface area (TPSA) is 59.6 Å². The molecule has 1 aromatic carbocycles. The van der Waals surface area contributed by atoms with Crippen LogP contribution in [0.5, 0.6) is 5.75 Å². The first kappa shape index (κ1) is 15.7. The van der Waals surface area contributed by atoms with E-state index in [1.54, 1.807) is 0 Å². The first-order valence-electron chi connectivity index (χ1n) is 8.03. The molecule has 1 saturated carbocycles. The van der Waals surface area contributed by atoms with Crippen molar-refractivity contribution in [1.82, 2.24) is 5.32 Å². The summed E-state index contributed by atoms with van der Waals surface area (Å²) in [7, 11) is 0. The van der Waals surface area contributed by atoms with Gasteiger partial charge in [-0.2, -0.15) is 0 Å². The molecule has 116 valence electrons. The van der Waals surface area contributed by atoms with Crippen molar-refractivity contribution in [2.75, 3.05) is 19.7 Å². The van der Waals surface area contributed by atoms with Gasteiger partial charge < -0.3 is 15.8 Å². The van der Waals surface area contributed by atoms with Crippen molar-refractivity contribution in [3.05, 3.63) is 29.8 Å². The second-order valence-electron chi connectivity index (χ2n) is 5.70. The van der Waals surface area contributed by atoms with Crippen molar-refractivity contribution in [3.63, 3.8) is 0 Å².